The molecule has 0 aliphatic carbocycles. The Hall–Kier alpha value is -2.04. The Morgan fingerprint density at radius 1 is 1.36 bits per heavy atom. The first-order valence-corrected chi connectivity index (χ1v) is 7.40. The van der Waals surface area contributed by atoms with E-state index in [1.54, 1.807) is 21.0 Å². The van der Waals surface area contributed by atoms with E-state index in [0.29, 0.717) is 19.4 Å². The van der Waals surface area contributed by atoms with E-state index in [9.17, 15) is 9.59 Å². The van der Waals surface area contributed by atoms with Gasteiger partial charge in [-0.3, -0.25) is 9.59 Å². The largest absolute Gasteiger partial charge is 0.497 e. The highest BCUT2D eigenvalue weighted by molar-refractivity contribution is 5.77. The Morgan fingerprint density at radius 3 is 2.64 bits per heavy atom. The minimum Gasteiger partial charge on any atom is -0.497 e. The average molecular weight is 307 g/mol. The van der Waals surface area contributed by atoms with E-state index in [0.717, 1.165) is 11.3 Å². The Balaban J connectivity index is 2.46. The molecule has 22 heavy (non-hydrogen) atoms. The summed E-state index contributed by atoms with van der Waals surface area (Å²) in [5, 5.41) is 11.8. The molecule has 0 heterocycles. The summed E-state index contributed by atoms with van der Waals surface area (Å²) < 4.78 is 5.18. The van der Waals surface area contributed by atoms with Crippen LogP contribution in [0.15, 0.2) is 24.3 Å². The van der Waals surface area contributed by atoms with Crippen molar-refractivity contribution in [3.63, 3.8) is 0 Å². The number of carboxylic acids is 1. The molecule has 1 rings (SSSR count). The highest BCUT2D eigenvalue weighted by atomic mass is 16.5. The number of hydrogen-bond donors (Lipinski definition) is 2. The molecule has 1 unspecified atom stereocenters. The molecule has 0 radical (unpaired) electrons. The predicted octanol–water partition coefficient (Wildman–Crippen LogP) is 2.81. The summed E-state index contributed by atoms with van der Waals surface area (Å²) in [6.07, 6.45) is 0.766. The number of rotatable bonds is 8. The van der Waals surface area contributed by atoms with Crippen molar-refractivity contribution in [2.45, 2.75) is 39.5 Å². The molecular formula is C17H25NO4. The van der Waals surface area contributed by atoms with Crippen molar-refractivity contribution >= 4 is 11.9 Å². The molecule has 0 saturated carbocycles. The summed E-state index contributed by atoms with van der Waals surface area (Å²) in [5.74, 6) is -0.0847. The van der Waals surface area contributed by atoms with E-state index in [4.69, 9.17) is 9.84 Å². The van der Waals surface area contributed by atoms with Crippen LogP contribution in [0.3, 0.4) is 0 Å². The molecule has 0 aliphatic rings. The zero-order valence-electron chi connectivity index (χ0n) is 13.7. The lowest BCUT2D eigenvalue weighted by Gasteiger charge is -2.19. The lowest BCUT2D eigenvalue weighted by atomic mass is 9.89. The van der Waals surface area contributed by atoms with Crippen molar-refractivity contribution < 1.29 is 19.4 Å². The Bertz CT molecular complexity index is 525. The van der Waals surface area contributed by atoms with Crippen LogP contribution in [0.2, 0.25) is 0 Å². The molecule has 5 nitrogen and oxygen atoms in total. The maximum absolute atomic E-state index is 11.9. The summed E-state index contributed by atoms with van der Waals surface area (Å²) in [6, 6.07) is 7.65. The average Bonchev–Trinajstić information content (AvgIpc) is 2.46. The van der Waals surface area contributed by atoms with E-state index < -0.39 is 11.4 Å². The third kappa shape index (κ3) is 5.39. The smallest absolute Gasteiger partial charge is 0.309 e. The molecule has 1 aromatic carbocycles. The SMILES string of the molecule is COc1cccc(C(C)CC(=O)NCCC(C)(C)C(=O)O)c1. The van der Waals surface area contributed by atoms with Gasteiger partial charge in [-0.2, -0.15) is 0 Å². The first-order valence-electron chi connectivity index (χ1n) is 7.40. The first kappa shape index (κ1) is 18.0. The second-order valence-corrected chi connectivity index (χ2v) is 6.17. The van der Waals surface area contributed by atoms with Gasteiger partial charge in [0.05, 0.1) is 12.5 Å². The van der Waals surface area contributed by atoms with E-state index in [1.807, 2.05) is 31.2 Å². The first-order chi connectivity index (χ1) is 10.3. The number of ether oxygens (including phenoxy) is 1. The van der Waals surface area contributed by atoms with Crippen molar-refractivity contribution in [2.75, 3.05) is 13.7 Å². The Kier molecular flexibility index (Phi) is 6.40. The number of hydrogen-bond acceptors (Lipinski definition) is 3. The van der Waals surface area contributed by atoms with E-state index in [1.165, 1.54) is 0 Å². The Labute approximate surface area is 131 Å². The van der Waals surface area contributed by atoms with Crippen molar-refractivity contribution in [2.24, 2.45) is 5.41 Å². The fourth-order valence-corrected chi connectivity index (χ4v) is 2.04. The second kappa shape index (κ2) is 7.82. The van der Waals surface area contributed by atoms with Crippen molar-refractivity contribution in [3.05, 3.63) is 29.8 Å². The van der Waals surface area contributed by atoms with Crippen LogP contribution in [0, 0.1) is 5.41 Å². The van der Waals surface area contributed by atoms with Gasteiger partial charge in [0.1, 0.15) is 5.75 Å². The number of carbonyl (C=O) groups is 2. The van der Waals surface area contributed by atoms with Crippen LogP contribution in [0.25, 0.3) is 0 Å². The molecule has 0 saturated heterocycles. The van der Waals surface area contributed by atoms with E-state index >= 15 is 0 Å². The van der Waals surface area contributed by atoms with Crippen LogP contribution in [0.1, 0.15) is 45.1 Å². The van der Waals surface area contributed by atoms with Gasteiger partial charge in [-0.05, 0) is 43.9 Å². The quantitative estimate of drug-likeness (QED) is 0.774. The standard InChI is InChI=1S/C17H25NO4/c1-12(13-6-5-7-14(11-13)22-4)10-15(19)18-9-8-17(2,3)16(20)21/h5-7,11-12H,8-10H2,1-4H3,(H,18,19)(H,20,21). The molecule has 0 aromatic heterocycles. The van der Waals surface area contributed by atoms with Crippen LogP contribution < -0.4 is 10.1 Å². The van der Waals surface area contributed by atoms with Crippen molar-refractivity contribution in [1.29, 1.82) is 0 Å². The molecule has 0 fully saturated rings. The maximum Gasteiger partial charge on any atom is 0.309 e. The predicted molar refractivity (Wildman–Crippen MR) is 85.1 cm³/mol. The highest BCUT2D eigenvalue weighted by Gasteiger charge is 2.26. The van der Waals surface area contributed by atoms with Crippen LogP contribution in [0.4, 0.5) is 0 Å². The Morgan fingerprint density at radius 2 is 2.05 bits per heavy atom. The molecule has 5 heteroatoms. The van der Waals surface area contributed by atoms with Gasteiger partial charge < -0.3 is 15.2 Å². The molecule has 0 bridgehead atoms. The zero-order chi connectivity index (χ0) is 16.8. The van der Waals surface area contributed by atoms with Crippen LogP contribution >= 0.6 is 0 Å². The van der Waals surface area contributed by atoms with E-state index in [2.05, 4.69) is 5.32 Å². The summed E-state index contributed by atoms with van der Waals surface area (Å²) >= 11 is 0. The van der Waals surface area contributed by atoms with Crippen molar-refractivity contribution in [1.82, 2.24) is 5.32 Å². The van der Waals surface area contributed by atoms with Gasteiger partial charge in [0.25, 0.3) is 0 Å². The van der Waals surface area contributed by atoms with Gasteiger partial charge in [-0.15, -0.1) is 0 Å². The van der Waals surface area contributed by atoms with Crippen LogP contribution in [0.5, 0.6) is 5.75 Å². The van der Waals surface area contributed by atoms with Gasteiger partial charge in [-0.25, -0.2) is 0 Å². The van der Waals surface area contributed by atoms with Gasteiger partial charge in [0.2, 0.25) is 5.91 Å². The molecule has 1 aromatic rings. The minimum atomic E-state index is -0.855. The number of amides is 1. The van der Waals surface area contributed by atoms with Gasteiger partial charge >= 0.3 is 5.97 Å². The maximum atomic E-state index is 11.9. The lowest BCUT2D eigenvalue weighted by molar-refractivity contribution is -0.147. The van der Waals surface area contributed by atoms with Gasteiger partial charge in [0.15, 0.2) is 0 Å². The molecule has 0 aliphatic heterocycles. The third-order valence-electron chi connectivity index (χ3n) is 3.81. The molecule has 122 valence electrons. The normalized spacial score (nSPS) is 12.5. The number of methoxy groups -OCH3 is 1. The lowest BCUT2D eigenvalue weighted by Crippen LogP contribution is -2.32. The summed E-state index contributed by atoms with van der Waals surface area (Å²) in [7, 11) is 1.61. The number of carbonyl (C=O) groups excluding carboxylic acids is 1. The number of carboxylic acid groups (broad SMARTS) is 1. The molecule has 1 amide bonds. The monoisotopic (exact) mass is 307 g/mol. The number of aliphatic carboxylic acids is 1. The third-order valence-corrected chi connectivity index (χ3v) is 3.81. The highest BCUT2D eigenvalue weighted by Crippen LogP contribution is 2.23. The van der Waals surface area contributed by atoms with Crippen molar-refractivity contribution in [3.8, 4) is 5.75 Å². The van der Waals surface area contributed by atoms with Gasteiger partial charge in [0, 0.05) is 13.0 Å². The zero-order valence-corrected chi connectivity index (χ0v) is 13.7. The minimum absolute atomic E-state index is 0.0718. The molecular weight excluding hydrogens is 282 g/mol. The molecule has 1 atom stereocenters. The summed E-state index contributed by atoms with van der Waals surface area (Å²) in [6.45, 7) is 5.65. The van der Waals surface area contributed by atoms with Gasteiger partial charge in [-0.1, -0.05) is 19.1 Å². The van der Waals surface area contributed by atoms with Crippen LogP contribution in [-0.2, 0) is 9.59 Å². The molecule has 2 N–H and O–H groups in total. The van der Waals surface area contributed by atoms with E-state index in [-0.39, 0.29) is 11.8 Å². The summed E-state index contributed by atoms with van der Waals surface area (Å²) in [5.41, 5.74) is 0.214. The van der Waals surface area contributed by atoms with Crippen LogP contribution in [-0.4, -0.2) is 30.6 Å². The molecule has 0 spiro atoms. The number of nitrogens with one attached hydrogen (secondary N) is 1. The second-order valence-electron chi connectivity index (χ2n) is 6.17. The fraction of sp³-hybridized carbons (Fsp3) is 0.529. The summed E-state index contributed by atoms with van der Waals surface area (Å²) in [4.78, 5) is 22.9. The number of benzene rings is 1. The fourth-order valence-electron chi connectivity index (χ4n) is 2.04. The topological polar surface area (TPSA) is 75.6 Å².